The molecule has 0 saturated heterocycles. The van der Waals surface area contributed by atoms with Gasteiger partial charge in [-0.05, 0) is 31.6 Å². The average Bonchev–Trinajstić information content (AvgIpc) is 2.61. The molecule has 94 valence electrons. The van der Waals surface area contributed by atoms with Crippen LogP contribution in [0.1, 0.15) is 58.7 Å². The fourth-order valence-corrected chi connectivity index (χ4v) is 1.68. The van der Waals surface area contributed by atoms with Crippen molar-refractivity contribution < 1.29 is 4.52 Å². The molecule has 4 nitrogen and oxygen atoms in total. The van der Waals surface area contributed by atoms with E-state index in [1.54, 1.807) is 0 Å². The first kappa shape index (κ1) is 12.3. The summed E-state index contributed by atoms with van der Waals surface area (Å²) in [7, 11) is 0. The standard InChI is InChI=1S/C13H21N3O/c1-9(12(2,3)4)8-10-15-11(16-17-10)13(14)6-5-7-13/h8H,5-7,14H2,1-4H3/b9-8+. The Morgan fingerprint density at radius 3 is 2.53 bits per heavy atom. The summed E-state index contributed by atoms with van der Waals surface area (Å²) in [5.41, 5.74) is 7.14. The van der Waals surface area contributed by atoms with E-state index >= 15 is 0 Å². The lowest BCUT2D eigenvalue weighted by Crippen LogP contribution is -2.44. The van der Waals surface area contributed by atoms with E-state index in [2.05, 4.69) is 37.8 Å². The van der Waals surface area contributed by atoms with Gasteiger partial charge in [0, 0.05) is 6.08 Å². The molecule has 1 aliphatic rings. The van der Waals surface area contributed by atoms with E-state index in [0.717, 1.165) is 19.3 Å². The third kappa shape index (κ3) is 2.41. The summed E-state index contributed by atoms with van der Waals surface area (Å²) in [6, 6.07) is 0. The first-order valence-corrected chi connectivity index (χ1v) is 6.13. The van der Waals surface area contributed by atoms with E-state index in [1.807, 2.05) is 6.08 Å². The molecule has 0 amide bonds. The maximum Gasteiger partial charge on any atom is 0.250 e. The van der Waals surface area contributed by atoms with Crippen molar-refractivity contribution in [1.82, 2.24) is 10.1 Å². The summed E-state index contributed by atoms with van der Waals surface area (Å²) in [5.74, 6) is 1.21. The van der Waals surface area contributed by atoms with Crippen molar-refractivity contribution in [3.05, 3.63) is 17.3 Å². The van der Waals surface area contributed by atoms with Crippen molar-refractivity contribution in [2.45, 2.75) is 52.5 Å². The molecule has 0 bridgehead atoms. The Hall–Kier alpha value is -1.16. The lowest BCUT2D eigenvalue weighted by molar-refractivity contribution is 0.229. The molecule has 1 aromatic heterocycles. The van der Waals surface area contributed by atoms with Gasteiger partial charge >= 0.3 is 0 Å². The highest BCUT2D eigenvalue weighted by atomic mass is 16.5. The highest BCUT2D eigenvalue weighted by Gasteiger charge is 2.38. The molecular weight excluding hydrogens is 214 g/mol. The Kier molecular flexibility index (Phi) is 2.86. The van der Waals surface area contributed by atoms with E-state index in [1.165, 1.54) is 5.57 Å². The third-order valence-corrected chi connectivity index (χ3v) is 3.66. The zero-order valence-electron chi connectivity index (χ0n) is 11.1. The monoisotopic (exact) mass is 235 g/mol. The molecule has 17 heavy (non-hydrogen) atoms. The second-order valence-corrected chi connectivity index (χ2v) is 6.04. The highest BCUT2D eigenvalue weighted by molar-refractivity contribution is 5.44. The van der Waals surface area contributed by atoms with Gasteiger partial charge in [-0.15, -0.1) is 0 Å². The van der Waals surface area contributed by atoms with Crippen molar-refractivity contribution in [1.29, 1.82) is 0 Å². The van der Waals surface area contributed by atoms with Gasteiger partial charge in [-0.2, -0.15) is 4.98 Å². The van der Waals surface area contributed by atoms with Crippen LogP contribution in [0.15, 0.2) is 10.1 Å². The van der Waals surface area contributed by atoms with Crippen molar-refractivity contribution in [2.24, 2.45) is 11.1 Å². The van der Waals surface area contributed by atoms with Crippen LogP contribution in [0, 0.1) is 5.41 Å². The maximum absolute atomic E-state index is 6.15. The van der Waals surface area contributed by atoms with E-state index < -0.39 is 0 Å². The van der Waals surface area contributed by atoms with Crippen LogP contribution >= 0.6 is 0 Å². The molecule has 0 radical (unpaired) electrons. The summed E-state index contributed by atoms with van der Waals surface area (Å²) in [4.78, 5) is 4.38. The van der Waals surface area contributed by atoms with Crippen molar-refractivity contribution in [2.75, 3.05) is 0 Å². The predicted molar refractivity (Wildman–Crippen MR) is 67.1 cm³/mol. The molecule has 2 N–H and O–H groups in total. The maximum atomic E-state index is 6.15. The SMILES string of the molecule is C/C(=C\c1nc(C2(N)CCC2)no1)C(C)(C)C. The van der Waals surface area contributed by atoms with Crippen molar-refractivity contribution >= 4 is 6.08 Å². The summed E-state index contributed by atoms with van der Waals surface area (Å²) >= 11 is 0. The number of nitrogens with two attached hydrogens (primary N) is 1. The van der Waals surface area contributed by atoms with E-state index in [9.17, 15) is 0 Å². The van der Waals surface area contributed by atoms with Crippen molar-refractivity contribution in [3.8, 4) is 0 Å². The molecule has 1 heterocycles. The molecule has 0 atom stereocenters. The minimum atomic E-state index is -0.342. The van der Waals surface area contributed by atoms with Crippen LogP contribution in [0.2, 0.25) is 0 Å². The molecule has 4 heteroatoms. The fourth-order valence-electron chi connectivity index (χ4n) is 1.68. The van der Waals surface area contributed by atoms with Gasteiger partial charge in [-0.3, -0.25) is 0 Å². The molecule has 1 saturated carbocycles. The number of hydrogen-bond acceptors (Lipinski definition) is 4. The van der Waals surface area contributed by atoms with Crippen molar-refractivity contribution in [3.63, 3.8) is 0 Å². The molecule has 0 aliphatic heterocycles. The summed E-state index contributed by atoms with van der Waals surface area (Å²) in [6.07, 6.45) is 5.00. The molecule has 2 rings (SSSR count). The molecule has 1 fully saturated rings. The first-order valence-electron chi connectivity index (χ1n) is 6.13. The minimum absolute atomic E-state index is 0.117. The number of allylic oxidation sites excluding steroid dienone is 1. The molecule has 0 aromatic carbocycles. The van der Waals surface area contributed by atoms with Crippen LogP contribution in [-0.4, -0.2) is 10.1 Å². The van der Waals surface area contributed by atoms with Gasteiger partial charge in [-0.25, -0.2) is 0 Å². The van der Waals surface area contributed by atoms with Crippen LogP contribution in [0.3, 0.4) is 0 Å². The lowest BCUT2D eigenvalue weighted by Gasteiger charge is -2.34. The Morgan fingerprint density at radius 1 is 1.41 bits per heavy atom. The Bertz CT molecular complexity index is 436. The summed E-state index contributed by atoms with van der Waals surface area (Å²) in [6.45, 7) is 8.55. The van der Waals surface area contributed by atoms with Crippen LogP contribution in [-0.2, 0) is 5.54 Å². The topological polar surface area (TPSA) is 64.9 Å². The van der Waals surface area contributed by atoms with E-state index in [4.69, 9.17) is 10.3 Å². The highest BCUT2D eigenvalue weighted by Crippen LogP contribution is 2.37. The molecule has 0 spiro atoms. The zero-order valence-corrected chi connectivity index (χ0v) is 11.1. The quantitative estimate of drug-likeness (QED) is 0.856. The van der Waals surface area contributed by atoms with E-state index in [-0.39, 0.29) is 11.0 Å². The van der Waals surface area contributed by atoms with Gasteiger partial charge in [0.1, 0.15) is 0 Å². The normalized spacial score (nSPS) is 20.2. The van der Waals surface area contributed by atoms with Gasteiger partial charge in [-0.1, -0.05) is 31.5 Å². The largest absolute Gasteiger partial charge is 0.335 e. The van der Waals surface area contributed by atoms with Crippen LogP contribution < -0.4 is 5.73 Å². The Morgan fingerprint density at radius 2 is 2.06 bits per heavy atom. The third-order valence-electron chi connectivity index (χ3n) is 3.66. The molecule has 1 aliphatic carbocycles. The van der Waals surface area contributed by atoms with Gasteiger partial charge in [0.25, 0.3) is 5.89 Å². The van der Waals surface area contributed by atoms with Gasteiger partial charge < -0.3 is 10.3 Å². The fraction of sp³-hybridized carbons (Fsp3) is 0.692. The summed E-state index contributed by atoms with van der Waals surface area (Å²) in [5, 5.41) is 3.99. The number of hydrogen-bond donors (Lipinski definition) is 1. The van der Waals surface area contributed by atoms with Crippen LogP contribution in [0.4, 0.5) is 0 Å². The molecular formula is C13H21N3O. The molecule has 0 unspecified atom stereocenters. The Balaban J connectivity index is 2.19. The van der Waals surface area contributed by atoms with Gasteiger partial charge in [0.2, 0.25) is 0 Å². The Labute approximate surface area is 102 Å². The van der Waals surface area contributed by atoms with Gasteiger partial charge in [0.15, 0.2) is 5.82 Å². The second kappa shape index (κ2) is 3.95. The summed E-state index contributed by atoms with van der Waals surface area (Å²) < 4.78 is 5.24. The lowest BCUT2D eigenvalue weighted by atomic mass is 9.77. The van der Waals surface area contributed by atoms with E-state index in [0.29, 0.717) is 11.7 Å². The number of aromatic nitrogens is 2. The predicted octanol–water partition coefficient (Wildman–Crippen LogP) is 2.86. The van der Waals surface area contributed by atoms with Crippen LogP contribution in [0.25, 0.3) is 6.08 Å². The smallest absolute Gasteiger partial charge is 0.250 e. The van der Waals surface area contributed by atoms with Crippen LogP contribution in [0.5, 0.6) is 0 Å². The number of nitrogens with zero attached hydrogens (tertiary/aromatic N) is 2. The minimum Gasteiger partial charge on any atom is -0.335 e. The average molecular weight is 235 g/mol. The molecule has 1 aromatic rings. The zero-order chi connectivity index (χ0) is 12.7. The number of rotatable bonds is 2. The first-order chi connectivity index (χ1) is 7.81. The second-order valence-electron chi connectivity index (χ2n) is 6.04. The van der Waals surface area contributed by atoms with Gasteiger partial charge in [0.05, 0.1) is 5.54 Å².